The Labute approximate surface area is 241 Å². The molecule has 0 aliphatic heterocycles. The number of allylic oxidation sites excluding steroid dienone is 4. The van der Waals surface area contributed by atoms with Gasteiger partial charge in [0.05, 0.1) is 0 Å². The van der Waals surface area contributed by atoms with E-state index in [-0.39, 0.29) is 10.8 Å². The first kappa shape index (κ1) is 25.8. The van der Waals surface area contributed by atoms with Crippen LogP contribution < -0.4 is 0 Å². The normalized spacial score (nSPS) is 20.2. The van der Waals surface area contributed by atoms with Gasteiger partial charge >= 0.3 is 0 Å². The van der Waals surface area contributed by atoms with Gasteiger partial charge in [-0.25, -0.2) is 0 Å². The van der Waals surface area contributed by atoms with E-state index in [2.05, 4.69) is 115 Å². The lowest BCUT2D eigenvalue weighted by molar-refractivity contribution is 0.490. The van der Waals surface area contributed by atoms with Crippen LogP contribution in [-0.2, 0) is 10.8 Å². The molecule has 0 fully saturated rings. The average molecular weight is 525 g/mol. The smallest absolute Gasteiger partial charge is 0.0437 e. The molecule has 0 nitrogen and oxygen atoms in total. The molecule has 0 saturated heterocycles. The third-order valence-corrected chi connectivity index (χ3v) is 11.2. The third kappa shape index (κ3) is 3.20. The first-order chi connectivity index (χ1) is 19.3. The zero-order valence-electron chi connectivity index (χ0n) is 25.5. The van der Waals surface area contributed by atoms with Gasteiger partial charge in [0.1, 0.15) is 0 Å². The topological polar surface area (TPSA) is 0 Å². The second-order valence-electron chi connectivity index (χ2n) is 13.4. The molecule has 7 rings (SSSR count). The van der Waals surface area contributed by atoms with Gasteiger partial charge in [0.25, 0.3) is 0 Å². The summed E-state index contributed by atoms with van der Waals surface area (Å²) in [6.45, 7) is 16.8. The second-order valence-corrected chi connectivity index (χ2v) is 13.4. The molecule has 1 unspecified atom stereocenters. The Bertz CT molecular complexity index is 1750. The molecule has 0 radical (unpaired) electrons. The van der Waals surface area contributed by atoms with Crippen LogP contribution in [0.2, 0.25) is 0 Å². The minimum absolute atomic E-state index is 0.0708. The number of fused-ring (bicyclic) bond motifs is 4. The number of hydrogen-bond acceptors (Lipinski definition) is 0. The van der Waals surface area contributed by atoms with E-state index in [0.717, 1.165) is 6.42 Å². The minimum Gasteiger partial charge on any atom is -0.0657 e. The molecule has 0 amide bonds. The van der Waals surface area contributed by atoms with Crippen LogP contribution in [0.3, 0.4) is 0 Å². The fourth-order valence-corrected chi connectivity index (χ4v) is 9.03. The summed E-state index contributed by atoms with van der Waals surface area (Å²) >= 11 is 0. The molecule has 0 saturated carbocycles. The molecule has 204 valence electrons. The molecule has 4 aromatic carbocycles. The highest BCUT2D eigenvalue weighted by molar-refractivity contribution is 6.12. The average Bonchev–Trinajstić information content (AvgIpc) is 3.21. The van der Waals surface area contributed by atoms with Crippen LogP contribution in [0.1, 0.15) is 101 Å². The van der Waals surface area contributed by atoms with E-state index in [1.807, 2.05) is 0 Å². The van der Waals surface area contributed by atoms with Crippen LogP contribution in [0, 0.1) is 18.8 Å². The van der Waals surface area contributed by atoms with Gasteiger partial charge < -0.3 is 0 Å². The van der Waals surface area contributed by atoms with Crippen molar-refractivity contribution in [3.05, 3.63) is 106 Å². The molecule has 1 atom stereocenters. The molecule has 3 aliphatic rings. The highest BCUT2D eigenvalue weighted by Crippen LogP contribution is 2.64. The minimum atomic E-state index is -0.109. The maximum absolute atomic E-state index is 2.75. The van der Waals surface area contributed by atoms with Gasteiger partial charge in [0.2, 0.25) is 0 Å². The van der Waals surface area contributed by atoms with Crippen LogP contribution in [0.4, 0.5) is 0 Å². The zero-order valence-corrected chi connectivity index (χ0v) is 25.5. The van der Waals surface area contributed by atoms with Gasteiger partial charge in [0.15, 0.2) is 0 Å². The van der Waals surface area contributed by atoms with E-state index in [1.54, 1.807) is 33.4 Å². The van der Waals surface area contributed by atoms with Crippen LogP contribution in [-0.4, -0.2) is 0 Å². The monoisotopic (exact) mass is 524 g/mol. The highest BCUT2D eigenvalue weighted by Gasteiger charge is 2.50. The van der Waals surface area contributed by atoms with Gasteiger partial charge in [-0.3, -0.25) is 0 Å². The van der Waals surface area contributed by atoms with Crippen LogP contribution in [0.25, 0.3) is 32.7 Å². The van der Waals surface area contributed by atoms with Crippen LogP contribution in [0.15, 0.2) is 77.9 Å². The fraction of sp³-hybridized carbons (Fsp3) is 0.400. The Hall–Kier alpha value is -3.12. The summed E-state index contributed by atoms with van der Waals surface area (Å²) in [5.74, 6) is 1.25. The number of hydrogen-bond donors (Lipinski definition) is 0. The lowest BCUT2D eigenvalue weighted by atomic mass is 9.65. The molecule has 0 bridgehead atoms. The standard InChI is InChI=1S/C40H44/c1-8-25(9-2)28-20-29(26(10-3)11-4)23-40(22-28)33-19-18-27-15-13-17-32-35(27)36(33)37-34(40)21-31-24(5)14-12-16-30(31)38(37)39(32,6)7/h12-22,25-26H,8-11,23H2,1-7H3. The SMILES string of the molecule is CCC(CC)C1=CC2(CC(C(CC)CC)=C1)c1cc3c(C)cccc3c3c1-c1c2ccc2cccc(c12)C3(C)C. The molecule has 3 aliphatic carbocycles. The summed E-state index contributed by atoms with van der Waals surface area (Å²) in [4.78, 5) is 0. The van der Waals surface area contributed by atoms with Gasteiger partial charge in [0, 0.05) is 10.8 Å². The van der Waals surface area contributed by atoms with E-state index in [4.69, 9.17) is 0 Å². The molecule has 4 aromatic rings. The zero-order chi connectivity index (χ0) is 28.0. The summed E-state index contributed by atoms with van der Waals surface area (Å²) < 4.78 is 0. The predicted molar refractivity (Wildman–Crippen MR) is 173 cm³/mol. The van der Waals surface area contributed by atoms with Gasteiger partial charge in [-0.2, -0.15) is 0 Å². The maximum Gasteiger partial charge on any atom is 0.0437 e. The Morgan fingerprint density at radius 1 is 0.725 bits per heavy atom. The van der Waals surface area contributed by atoms with Gasteiger partial charge in [-0.05, 0) is 123 Å². The number of aryl methyl sites for hydroxylation is 1. The van der Waals surface area contributed by atoms with Crippen molar-refractivity contribution in [2.45, 2.75) is 91.4 Å². The van der Waals surface area contributed by atoms with Crippen molar-refractivity contribution < 1.29 is 0 Å². The van der Waals surface area contributed by atoms with E-state index >= 15 is 0 Å². The van der Waals surface area contributed by atoms with Crippen molar-refractivity contribution >= 4 is 21.5 Å². The predicted octanol–water partition coefficient (Wildman–Crippen LogP) is 11.3. The summed E-state index contributed by atoms with van der Waals surface area (Å²) in [5, 5.41) is 5.76. The van der Waals surface area contributed by atoms with E-state index < -0.39 is 0 Å². The highest BCUT2D eigenvalue weighted by atomic mass is 14.5. The number of benzene rings is 4. The Morgan fingerprint density at radius 2 is 1.45 bits per heavy atom. The van der Waals surface area contributed by atoms with Crippen molar-refractivity contribution in [1.82, 2.24) is 0 Å². The molecule has 0 aromatic heterocycles. The molecular formula is C40H44. The molecule has 0 N–H and O–H groups in total. The molecule has 1 spiro atoms. The summed E-state index contributed by atoms with van der Waals surface area (Å²) in [6.07, 6.45) is 11.3. The van der Waals surface area contributed by atoms with E-state index in [9.17, 15) is 0 Å². The first-order valence-corrected chi connectivity index (χ1v) is 15.9. The van der Waals surface area contributed by atoms with Crippen molar-refractivity contribution in [2.24, 2.45) is 11.8 Å². The second kappa shape index (κ2) is 8.94. The lowest BCUT2D eigenvalue weighted by Gasteiger charge is -2.38. The Kier molecular flexibility index (Phi) is 5.77. The number of rotatable bonds is 6. The van der Waals surface area contributed by atoms with Crippen molar-refractivity contribution in [3.63, 3.8) is 0 Å². The van der Waals surface area contributed by atoms with Crippen LogP contribution >= 0.6 is 0 Å². The van der Waals surface area contributed by atoms with E-state index in [0.29, 0.717) is 11.8 Å². The summed E-state index contributed by atoms with van der Waals surface area (Å²) in [6, 6.07) is 21.5. The Balaban J connectivity index is 1.68. The van der Waals surface area contributed by atoms with Gasteiger partial charge in [-0.1, -0.05) is 108 Å². The molecule has 0 heteroatoms. The van der Waals surface area contributed by atoms with E-state index in [1.165, 1.54) is 63.9 Å². The van der Waals surface area contributed by atoms with Crippen LogP contribution in [0.5, 0.6) is 0 Å². The molecular weight excluding hydrogens is 480 g/mol. The molecule has 40 heavy (non-hydrogen) atoms. The van der Waals surface area contributed by atoms with Gasteiger partial charge in [-0.15, -0.1) is 0 Å². The van der Waals surface area contributed by atoms with Crippen molar-refractivity contribution in [2.75, 3.05) is 0 Å². The summed E-state index contributed by atoms with van der Waals surface area (Å²) in [7, 11) is 0. The van der Waals surface area contributed by atoms with Crippen molar-refractivity contribution in [3.8, 4) is 11.1 Å². The third-order valence-electron chi connectivity index (χ3n) is 11.2. The fourth-order valence-electron chi connectivity index (χ4n) is 9.03. The maximum atomic E-state index is 2.75. The lowest BCUT2D eigenvalue weighted by Crippen LogP contribution is -2.29. The summed E-state index contributed by atoms with van der Waals surface area (Å²) in [5.41, 5.74) is 13.7. The largest absolute Gasteiger partial charge is 0.0657 e. The first-order valence-electron chi connectivity index (χ1n) is 15.9. The molecule has 0 heterocycles. The van der Waals surface area contributed by atoms with Crippen molar-refractivity contribution in [1.29, 1.82) is 0 Å². The Morgan fingerprint density at radius 3 is 2.17 bits per heavy atom. The quantitative estimate of drug-likeness (QED) is 0.235.